The number of ether oxygens (including phenoxy) is 1. The monoisotopic (exact) mass is 293 g/mol. The minimum Gasteiger partial charge on any atom is -0.487 e. The molecule has 2 rings (SSSR count). The summed E-state index contributed by atoms with van der Waals surface area (Å²) in [6, 6.07) is 10.0. The molecule has 0 saturated heterocycles. The van der Waals surface area contributed by atoms with Crippen LogP contribution >= 0.6 is 11.6 Å². The largest absolute Gasteiger partial charge is 0.487 e. The number of hydrogen-bond acceptors (Lipinski definition) is 2. The molecular weight excluding hydrogens is 277 g/mol. The van der Waals surface area contributed by atoms with Gasteiger partial charge in [-0.25, -0.2) is 4.39 Å². The van der Waals surface area contributed by atoms with Crippen LogP contribution < -0.4 is 10.5 Å². The van der Waals surface area contributed by atoms with Crippen LogP contribution in [0.1, 0.15) is 29.7 Å². The third kappa shape index (κ3) is 3.50. The van der Waals surface area contributed by atoms with Gasteiger partial charge in [-0.3, -0.25) is 0 Å². The minimum atomic E-state index is -0.271. The molecule has 4 heteroatoms. The standard InChI is InChI=1S/C16H17ClFNO/c1-10-3-5-14(18)7-13(10)9-20-16-6-4-12(11(2)19)8-15(16)17/h3-8,11H,9,19H2,1-2H3/t11-/m0/s1. The average Bonchev–Trinajstić information content (AvgIpc) is 2.40. The average molecular weight is 294 g/mol. The van der Waals surface area contributed by atoms with Crippen molar-refractivity contribution in [3.8, 4) is 5.75 Å². The molecule has 20 heavy (non-hydrogen) atoms. The Labute approximate surface area is 123 Å². The SMILES string of the molecule is Cc1ccc(F)cc1COc1ccc([C@H](C)N)cc1Cl. The maximum Gasteiger partial charge on any atom is 0.138 e. The Hall–Kier alpha value is -1.58. The second-order valence-corrected chi connectivity index (χ2v) is 5.25. The molecule has 0 bridgehead atoms. The van der Waals surface area contributed by atoms with Crippen molar-refractivity contribution in [1.82, 2.24) is 0 Å². The lowest BCUT2D eigenvalue weighted by atomic mass is 10.1. The highest BCUT2D eigenvalue weighted by Gasteiger charge is 2.07. The highest BCUT2D eigenvalue weighted by molar-refractivity contribution is 6.32. The molecule has 0 aliphatic heterocycles. The first kappa shape index (κ1) is 14.8. The Kier molecular flexibility index (Phi) is 4.63. The number of halogens is 2. The number of benzene rings is 2. The van der Waals surface area contributed by atoms with Gasteiger partial charge in [0.25, 0.3) is 0 Å². The van der Waals surface area contributed by atoms with Gasteiger partial charge < -0.3 is 10.5 Å². The predicted molar refractivity (Wildman–Crippen MR) is 79.5 cm³/mol. The molecule has 0 unspecified atom stereocenters. The molecule has 0 spiro atoms. The van der Waals surface area contributed by atoms with Crippen LogP contribution in [0.4, 0.5) is 4.39 Å². The summed E-state index contributed by atoms with van der Waals surface area (Å²) in [6.07, 6.45) is 0. The van der Waals surface area contributed by atoms with Crippen LogP contribution in [-0.2, 0) is 6.61 Å². The summed E-state index contributed by atoms with van der Waals surface area (Å²) in [5.74, 6) is 0.298. The maximum absolute atomic E-state index is 13.2. The van der Waals surface area contributed by atoms with Crippen molar-refractivity contribution in [2.45, 2.75) is 26.5 Å². The molecule has 2 aromatic rings. The van der Waals surface area contributed by atoms with Gasteiger partial charge in [0.1, 0.15) is 18.2 Å². The van der Waals surface area contributed by atoms with Crippen molar-refractivity contribution in [2.24, 2.45) is 5.73 Å². The molecular formula is C16H17ClFNO. The summed E-state index contributed by atoms with van der Waals surface area (Å²) in [4.78, 5) is 0. The fourth-order valence-electron chi connectivity index (χ4n) is 1.87. The first-order valence-electron chi connectivity index (χ1n) is 6.40. The lowest BCUT2D eigenvalue weighted by molar-refractivity contribution is 0.305. The van der Waals surface area contributed by atoms with Crippen molar-refractivity contribution in [2.75, 3.05) is 0 Å². The molecule has 0 saturated carbocycles. The Morgan fingerprint density at radius 3 is 2.65 bits per heavy atom. The zero-order valence-electron chi connectivity index (χ0n) is 11.5. The first-order chi connectivity index (χ1) is 9.47. The van der Waals surface area contributed by atoms with E-state index in [-0.39, 0.29) is 18.5 Å². The lowest BCUT2D eigenvalue weighted by Crippen LogP contribution is -2.05. The molecule has 0 aromatic heterocycles. The summed E-state index contributed by atoms with van der Waals surface area (Å²) in [5, 5.41) is 0.508. The molecule has 2 N–H and O–H groups in total. The predicted octanol–water partition coefficient (Wildman–Crippen LogP) is 4.39. The fourth-order valence-corrected chi connectivity index (χ4v) is 2.11. The number of hydrogen-bond donors (Lipinski definition) is 1. The summed E-state index contributed by atoms with van der Waals surface area (Å²) in [5.41, 5.74) is 8.53. The summed E-state index contributed by atoms with van der Waals surface area (Å²) < 4.78 is 18.9. The van der Waals surface area contributed by atoms with Gasteiger partial charge in [0.05, 0.1) is 5.02 Å². The Morgan fingerprint density at radius 2 is 2.00 bits per heavy atom. The second kappa shape index (κ2) is 6.25. The van der Waals surface area contributed by atoms with Crippen LogP contribution in [0.2, 0.25) is 5.02 Å². The zero-order chi connectivity index (χ0) is 14.7. The molecule has 0 aliphatic rings. The van der Waals surface area contributed by atoms with E-state index in [4.69, 9.17) is 22.1 Å². The van der Waals surface area contributed by atoms with E-state index in [1.165, 1.54) is 12.1 Å². The minimum absolute atomic E-state index is 0.0768. The lowest BCUT2D eigenvalue weighted by Gasteiger charge is -2.12. The van der Waals surface area contributed by atoms with E-state index in [0.29, 0.717) is 10.8 Å². The Bertz CT molecular complexity index is 613. The normalized spacial score (nSPS) is 12.2. The van der Waals surface area contributed by atoms with Crippen molar-refractivity contribution >= 4 is 11.6 Å². The Balaban J connectivity index is 2.13. The van der Waals surface area contributed by atoms with Crippen LogP contribution in [0.25, 0.3) is 0 Å². The molecule has 0 aliphatic carbocycles. The molecule has 2 nitrogen and oxygen atoms in total. The highest BCUT2D eigenvalue weighted by Crippen LogP contribution is 2.28. The van der Waals surface area contributed by atoms with E-state index in [1.807, 2.05) is 19.9 Å². The van der Waals surface area contributed by atoms with E-state index in [2.05, 4.69) is 0 Å². The van der Waals surface area contributed by atoms with Crippen molar-refractivity contribution in [3.05, 3.63) is 63.9 Å². The van der Waals surface area contributed by atoms with Gasteiger partial charge in [0.15, 0.2) is 0 Å². The molecule has 0 radical (unpaired) electrons. The third-order valence-electron chi connectivity index (χ3n) is 3.18. The van der Waals surface area contributed by atoms with Gasteiger partial charge in [-0.2, -0.15) is 0 Å². The smallest absolute Gasteiger partial charge is 0.138 e. The van der Waals surface area contributed by atoms with Crippen LogP contribution in [0.3, 0.4) is 0 Å². The molecule has 2 aromatic carbocycles. The van der Waals surface area contributed by atoms with Gasteiger partial charge >= 0.3 is 0 Å². The quantitative estimate of drug-likeness (QED) is 0.907. The molecule has 0 heterocycles. The van der Waals surface area contributed by atoms with Crippen LogP contribution in [0, 0.1) is 12.7 Å². The number of rotatable bonds is 4. The Morgan fingerprint density at radius 1 is 1.25 bits per heavy atom. The van der Waals surface area contributed by atoms with Crippen molar-refractivity contribution in [3.63, 3.8) is 0 Å². The summed E-state index contributed by atoms with van der Waals surface area (Å²) >= 11 is 6.16. The molecule has 106 valence electrons. The fraction of sp³-hybridized carbons (Fsp3) is 0.250. The second-order valence-electron chi connectivity index (χ2n) is 4.84. The van der Waals surface area contributed by atoms with Gasteiger partial charge in [-0.1, -0.05) is 23.7 Å². The summed E-state index contributed by atoms with van der Waals surface area (Å²) in [7, 11) is 0. The highest BCUT2D eigenvalue weighted by atomic mass is 35.5. The first-order valence-corrected chi connectivity index (χ1v) is 6.78. The molecule has 0 fully saturated rings. The van der Waals surface area contributed by atoms with Gasteiger partial charge in [-0.05, 0) is 54.8 Å². The number of aryl methyl sites for hydroxylation is 1. The van der Waals surface area contributed by atoms with Crippen LogP contribution in [0.15, 0.2) is 36.4 Å². The van der Waals surface area contributed by atoms with Gasteiger partial charge in [-0.15, -0.1) is 0 Å². The molecule has 0 amide bonds. The topological polar surface area (TPSA) is 35.2 Å². The van der Waals surface area contributed by atoms with E-state index >= 15 is 0 Å². The zero-order valence-corrected chi connectivity index (χ0v) is 12.2. The summed E-state index contributed by atoms with van der Waals surface area (Å²) in [6.45, 7) is 4.09. The molecule has 1 atom stereocenters. The van der Waals surface area contributed by atoms with Crippen molar-refractivity contribution in [1.29, 1.82) is 0 Å². The maximum atomic E-state index is 13.2. The van der Waals surface area contributed by atoms with Crippen LogP contribution in [0.5, 0.6) is 5.75 Å². The van der Waals surface area contributed by atoms with Crippen LogP contribution in [-0.4, -0.2) is 0 Å². The third-order valence-corrected chi connectivity index (χ3v) is 3.47. The number of nitrogens with two attached hydrogens (primary N) is 1. The van der Waals surface area contributed by atoms with Gasteiger partial charge in [0, 0.05) is 6.04 Å². The van der Waals surface area contributed by atoms with E-state index in [9.17, 15) is 4.39 Å². The van der Waals surface area contributed by atoms with E-state index < -0.39 is 0 Å². The van der Waals surface area contributed by atoms with Gasteiger partial charge in [0.2, 0.25) is 0 Å². The van der Waals surface area contributed by atoms with Crippen molar-refractivity contribution < 1.29 is 9.13 Å². The van der Waals surface area contributed by atoms with E-state index in [0.717, 1.165) is 16.7 Å². The van der Waals surface area contributed by atoms with E-state index in [1.54, 1.807) is 18.2 Å².